The van der Waals surface area contributed by atoms with Crippen molar-refractivity contribution in [2.45, 2.75) is 45.8 Å². The molecule has 4 heterocycles. The van der Waals surface area contributed by atoms with Gasteiger partial charge in [0.05, 0.1) is 12.0 Å². The maximum absolute atomic E-state index is 13.0. The number of nitrogens with one attached hydrogen (secondary N) is 1. The Morgan fingerprint density at radius 1 is 1.23 bits per heavy atom. The van der Waals surface area contributed by atoms with Crippen molar-refractivity contribution in [3.8, 4) is 0 Å². The summed E-state index contributed by atoms with van der Waals surface area (Å²) in [6.07, 6.45) is 6.26. The van der Waals surface area contributed by atoms with Crippen LogP contribution in [0.4, 0.5) is 10.6 Å². The normalized spacial score (nSPS) is 22.7. The molecular formula is C20H29N7O3. The summed E-state index contributed by atoms with van der Waals surface area (Å²) in [5.74, 6) is 0.922. The van der Waals surface area contributed by atoms with E-state index in [0.717, 1.165) is 25.2 Å². The molecule has 1 N–H and O–H groups in total. The third kappa shape index (κ3) is 4.17. The first-order valence-electron chi connectivity index (χ1n) is 10.6. The molecule has 2 aliphatic rings. The highest BCUT2D eigenvalue weighted by molar-refractivity contribution is 5.81. The molecule has 2 aliphatic heterocycles. The third-order valence-electron chi connectivity index (χ3n) is 5.88. The van der Waals surface area contributed by atoms with Crippen LogP contribution in [-0.2, 0) is 9.53 Å². The van der Waals surface area contributed by atoms with Gasteiger partial charge in [-0.25, -0.2) is 9.78 Å². The number of piperidine rings is 1. The standard InChI is InChI=1S/C20H29N7O3/c1-13(2)30-20(29)25-7-4-15(5-8-25)23-19(28)16-11-27(10-14(16)3)17-18-24-22-12-26(18)9-6-21-17/h6,9,12-16H,4-5,7-8,10-11H2,1-3H3,(H,23,28)/t14-,16+/m0/s1. The van der Waals surface area contributed by atoms with Crippen LogP contribution in [0.5, 0.6) is 0 Å². The molecule has 4 rings (SSSR count). The van der Waals surface area contributed by atoms with Crippen LogP contribution in [0.1, 0.15) is 33.6 Å². The summed E-state index contributed by atoms with van der Waals surface area (Å²) in [6, 6.07) is 0.0832. The quantitative estimate of drug-likeness (QED) is 0.803. The van der Waals surface area contributed by atoms with Crippen LogP contribution in [0.15, 0.2) is 18.7 Å². The van der Waals surface area contributed by atoms with Gasteiger partial charge in [-0.3, -0.25) is 9.20 Å². The Labute approximate surface area is 175 Å². The van der Waals surface area contributed by atoms with Crippen molar-refractivity contribution >= 4 is 23.5 Å². The van der Waals surface area contributed by atoms with E-state index < -0.39 is 0 Å². The smallest absolute Gasteiger partial charge is 0.410 e. The van der Waals surface area contributed by atoms with Gasteiger partial charge in [0.25, 0.3) is 0 Å². The van der Waals surface area contributed by atoms with Gasteiger partial charge in [-0.1, -0.05) is 6.92 Å². The first-order valence-corrected chi connectivity index (χ1v) is 10.6. The molecule has 30 heavy (non-hydrogen) atoms. The van der Waals surface area contributed by atoms with Crippen LogP contribution in [-0.4, -0.2) is 74.8 Å². The summed E-state index contributed by atoms with van der Waals surface area (Å²) >= 11 is 0. The molecule has 2 atom stereocenters. The average molecular weight is 415 g/mol. The Balaban J connectivity index is 1.32. The van der Waals surface area contributed by atoms with Crippen LogP contribution >= 0.6 is 0 Å². The molecule has 0 bridgehead atoms. The van der Waals surface area contributed by atoms with Gasteiger partial charge in [-0.15, -0.1) is 10.2 Å². The lowest BCUT2D eigenvalue weighted by Crippen LogP contribution is -2.49. The van der Waals surface area contributed by atoms with Gasteiger partial charge >= 0.3 is 6.09 Å². The third-order valence-corrected chi connectivity index (χ3v) is 5.88. The lowest BCUT2D eigenvalue weighted by atomic mass is 9.96. The number of carbonyl (C=O) groups excluding carboxylic acids is 2. The number of hydrogen-bond donors (Lipinski definition) is 1. The molecule has 0 saturated carbocycles. The number of amides is 2. The predicted molar refractivity (Wildman–Crippen MR) is 110 cm³/mol. The number of aromatic nitrogens is 4. The molecule has 2 aromatic rings. The first-order chi connectivity index (χ1) is 14.4. The van der Waals surface area contributed by atoms with Crippen molar-refractivity contribution in [2.75, 3.05) is 31.1 Å². The number of ether oxygens (including phenoxy) is 1. The van der Waals surface area contributed by atoms with Gasteiger partial charge in [0.2, 0.25) is 11.6 Å². The predicted octanol–water partition coefficient (Wildman–Crippen LogP) is 1.32. The molecule has 0 unspecified atom stereocenters. The molecule has 2 amide bonds. The van der Waals surface area contributed by atoms with E-state index >= 15 is 0 Å². The van der Waals surface area contributed by atoms with Gasteiger partial charge in [-0.05, 0) is 32.6 Å². The van der Waals surface area contributed by atoms with E-state index in [1.54, 1.807) is 17.4 Å². The Bertz CT molecular complexity index is 907. The Hall–Kier alpha value is -2.91. The molecule has 2 aromatic heterocycles. The fraction of sp³-hybridized carbons (Fsp3) is 0.650. The molecule has 0 aliphatic carbocycles. The Kier molecular flexibility index (Phi) is 5.74. The summed E-state index contributed by atoms with van der Waals surface area (Å²) in [7, 11) is 0. The first kappa shape index (κ1) is 20.4. The highest BCUT2D eigenvalue weighted by Gasteiger charge is 2.37. The highest BCUT2D eigenvalue weighted by atomic mass is 16.6. The molecule has 0 spiro atoms. The number of nitrogens with zero attached hydrogens (tertiary/aromatic N) is 6. The summed E-state index contributed by atoms with van der Waals surface area (Å²) in [5.41, 5.74) is 0.700. The monoisotopic (exact) mass is 415 g/mol. The second-order valence-electron chi connectivity index (χ2n) is 8.50. The van der Waals surface area contributed by atoms with Gasteiger partial charge in [-0.2, -0.15) is 0 Å². The van der Waals surface area contributed by atoms with E-state index in [-0.39, 0.29) is 36.0 Å². The maximum Gasteiger partial charge on any atom is 0.410 e. The number of rotatable bonds is 4. The van der Waals surface area contributed by atoms with E-state index in [1.807, 2.05) is 24.4 Å². The lowest BCUT2D eigenvalue weighted by Gasteiger charge is -2.32. The Morgan fingerprint density at radius 2 is 2.00 bits per heavy atom. The molecule has 0 radical (unpaired) electrons. The summed E-state index contributed by atoms with van der Waals surface area (Å²) in [4.78, 5) is 33.3. The van der Waals surface area contributed by atoms with Gasteiger partial charge in [0.1, 0.15) is 6.33 Å². The molecule has 10 nitrogen and oxygen atoms in total. The SMILES string of the molecule is CC(C)OC(=O)N1CCC(NC(=O)[C@@H]2CN(c3nccn4cnnc34)C[C@@H]2C)CC1. The number of anilines is 1. The van der Waals surface area contributed by atoms with E-state index in [9.17, 15) is 9.59 Å². The average Bonchev–Trinajstić information content (AvgIpc) is 3.34. The second kappa shape index (κ2) is 8.45. The highest BCUT2D eigenvalue weighted by Crippen LogP contribution is 2.29. The second-order valence-corrected chi connectivity index (χ2v) is 8.50. The fourth-order valence-corrected chi connectivity index (χ4v) is 4.24. The summed E-state index contributed by atoms with van der Waals surface area (Å²) in [6.45, 7) is 8.33. The van der Waals surface area contributed by atoms with E-state index in [1.165, 1.54) is 0 Å². The number of hydrogen-bond acceptors (Lipinski definition) is 7. The molecule has 0 aromatic carbocycles. The minimum absolute atomic E-state index is 0.0709. The number of likely N-dealkylation sites (tertiary alicyclic amines) is 1. The van der Waals surface area contributed by atoms with Crippen molar-refractivity contribution in [1.29, 1.82) is 0 Å². The van der Waals surface area contributed by atoms with Crippen LogP contribution in [0.25, 0.3) is 5.65 Å². The fourth-order valence-electron chi connectivity index (χ4n) is 4.24. The minimum Gasteiger partial charge on any atom is -0.447 e. The van der Waals surface area contributed by atoms with E-state index in [2.05, 4.69) is 32.3 Å². The van der Waals surface area contributed by atoms with E-state index in [0.29, 0.717) is 25.3 Å². The van der Waals surface area contributed by atoms with Crippen LogP contribution in [0.3, 0.4) is 0 Å². The van der Waals surface area contributed by atoms with Crippen molar-refractivity contribution in [3.63, 3.8) is 0 Å². The zero-order valence-electron chi connectivity index (χ0n) is 17.7. The summed E-state index contributed by atoms with van der Waals surface area (Å²) in [5, 5.41) is 11.3. The molecular weight excluding hydrogens is 386 g/mol. The van der Waals surface area contributed by atoms with Crippen LogP contribution in [0, 0.1) is 11.8 Å². The zero-order chi connectivity index (χ0) is 21.3. The van der Waals surface area contributed by atoms with Crippen LogP contribution in [0.2, 0.25) is 0 Å². The Morgan fingerprint density at radius 3 is 2.73 bits per heavy atom. The maximum atomic E-state index is 13.0. The minimum atomic E-state index is -0.273. The molecule has 2 saturated heterocycles. The topological polar surface area (TPSA) is 105 Å². The lowest BCUT2D eigenvalue weighted by molar-refractivity contribution is -0.126. The number of fused-ring (bicyclic) bond motifs is 1. The molecule has 10 heteroatoms. The van der Waals surface area contributed by atoms with Crippen molar-refractivity contribution in [1.82, 2.24) is 29.8 Å². The summed E-state index contributed by atoms with van der Waals surface area (Å²) < 4.78 is 7.09. The van der Waals surface area contributed by atoms with Gasteiger partial charge < -0.3 is 19.9 Å². The van der Waals surface area contributed by atoms with Crippen molar-refractivity contribution < 1.29 is 14.3 Å². The van der Waals surface area contributed by atoms with Crippen LogP contribution < -0.4 is 10.2 Å². The zero-order valence-corrected chi connectivity index (χ0v) is 17.7. The van der Waals surface area contributed by atoms with Gasteiger partial charge in [0.15, 0.2) is 5.82 Å². The largest absolute Gasteiger partial charge is 0.447 e. The van der Waals surface area contributed by atoms with E-state index in [4.69, 9.17) is 4.74 Å². The molecule has 2 fully saturated rings. The van der Waals surface area contributed by atoms with Gasteiger partial charge in [0, 0.05) is 44.6 Å². The van der Waals surface area contributed by atoms with Crippen molar-refractivity contribution in [2.24, 2.45) is 11.8 Å². The van der Waals surface area contributed by atoms with Crippen molar-refractivity contribution in [3.05, 3.63) is 18.7 Å². The molecule has 162 valence electrons. The number of carbonyl (C=O) groups is 2.